The molecule has 1 fully saturated rings. The van der Waals surface area contributed by atoms with E-state index in [2.05, 4.69) is 10.2 Å². The van der Waals surface area contributed by atoms with Gasteiger partial charge in [0.05, 0.1) is 17.0 Å². The third kappa shape index (κ3) is 6.83. The highest BCUT2D eigenvalue weighted by atomic mass is 19.4. The Morgan fingerprint density at radius 1 is 1.00 bits per heavy atom. The molecule has 2 aliphatic rings. The van der Waals surface area contributed by atoms with Crippen LogP contribution >= 0.6 is 0 Å². The minimum atomic E-state index is -4.32. The Bertz CT molecular complexity index is 1130. The fraction of sp³-hybridized carbons (Fsp3) is 0.333. The summed E-state index contributed by atoms with van der Waals surface area (Å²) in [5, 5.41) is 20.8. The Hall–Kier alpha value is -3.43. The van der Waals surface area contributed by atoms with Gasteiger partial charge in [0.15, 0.2) is 0 Å². The molecule has 6 nitrogen and oxygen atoms in total. The van der Waals surface area contributed by atoms with E-state index in [1.54, 1.807) is 6.07 Å². The molecule has 192 valence electrons. The molecule has 1 aliphatic carbocycles. The highest BCUT2D eigenvalue weighted by molar-refractivity contribution is 5.90. The number of halogens is 3. The Balaban J connectivity index is 0.000000236. The lowest BCUT2D eigenvalue weighted by Crippen LogP contribution is -2.45. The van der Waals surface area contributed by atoms with Gasteiger partial charge in [0.2, 0.25) is 0 Å². The predicted molar refractivity (Wildman–Crippen MR) is 129 cm³/mol. The van der Waals surface area contributed by atoms with Gasteiger partial charge in [0.25, 0.3) is 0 Å². The third-order valence-corrected chi connectivity index (χ3v) is 6.24. The fourth-order valence-corrected chi connectivity index (χ4v) is 4.26. The van der Waals surface area contributed by atoms with Gasteiger partial charge in [-0.05, 0) is 36.6 Å². The van der Waals surface area contributed by atoms with E-state index >= 15 is 0 Å². The Morgan fingerprint density at radius 2 is 1.64 bits per heavy atom. The second-order valence-corrected chi connectivity index (χ2v) is 8.98. The number of hydrogen-bond donors (Lipinski definition) is 3. The highest BCUT2D eigenvalue weighted by Crippen LogP contribution is 2.34. The van der Waals surface area contributed by atoms with E-state index in [4.69, 9.17) is 10.2 Å². The lowest BCUT2D eigenvalue weighted by molar-refractivity contribution is -0.145. The number of piperazine rings is 1. The van der Waals surface area contributed by atoms with Crippen LogP contribution in [0.5, 0.6) is 0 Å². The largest absolute Gasteiger partial charge is 0.481 e. The normalized spacial score (nSPS) is 21.1. The number of carboxylic acid groups (broad SMARTS) is 2. The first kappa shape index (κ1) is 27.2. The molecule has 9 heteroatoms. The molecule has 0 saturated carbocycles. The smallest absolute Gasteiger partial charge is 0.416 e. The number of hydrogen-bond acceptors (Lipinski definition) is 4. The van der Waals surface area contributed by atoms with Crippen molar-refractivity contribution in [3.8, 4) is 0 Å². The Morgan fingerprint density at radius 3 is 2.22 bits per heavy atom. The number of nitrogens with zero attached hydrogens (tertiary/aromatic N) is 1. The van der Waals surface area contributed by atoms with E-state index in [1.807, 2.05) is 30.3 Å². The number of nitrogens with one attached hydrogen (secondary N) is 1. The molecule has 4 rings (SSSR count). The summed E-state index contributed by atoms with van der Waals surface area (Å²) in [6, 6.07) is 15.3. The minimum Gasteiger partial charge on any atom is -0.481 e. The summed E-state index contributed by atoms with van der Waals surface area (Å²) in [7, 11) is 0. The van der Waals surface area contributed by atoms with Crippen molar-refractivity contribution in [1.29, 1.82) is 0 Å². The lowest BCUT2D eigenvalue weighted by Gasteiger charge is -2.35. The maximum atomic E-state index is 13.1. The van der Waals surface area contributed by atoms with Gasteiger partial charge in [-0.15, -0.1) is 0 Å². The Kier molecular flexibility index (Phi) is 8.70. The molecule has 0 bridgehead atoms. The van der Waals surface area contributed by atoms with Crippen LogP contribution in [0.15, 0.2) is 78.4 Å². The summed E-state index contributed by atoms with van der Waals surface area (Å²) >= 11 is 0. The van der Waals surface area contributed by atoms with Crippen molar-refractivity contribution in [3.05, 3.63) is 95.1 Å². The molecule has 2 aromatic rings. The molecule has 0 radical (unpaired) electrons. The number of rotatable bonds is 5. The number of benzene rings is 2. The average molecular weight is 503 g/mol. The van der Waals surface area contributed by atoms with Gasteiger partial charge in [0.1, 0.15) is 0 Å². The van der Waals surface area contributed by atoms with Gasteiger partial charge in [0, 0.05) is 31.8 Å². The first-order valence-electron chi connectivity index (χ1n) is 11.5. The van der Waals surface area contributed by atoms with Gasteiger partial charge in [-0.1, -0.05) is 60.7 Å². The molecule has 0 aromatic heterocycles. The highest BCUT2D eigenvalue weighted by Gasteiger charge is 2.34. The molecule has 1 saturated heterocycles. The molecular formula is C27H29F3N2O4. The summed E-state index contributed by atoms with van der Waals surface area (Å²) < 4.78 is 39.2. The molecule has 0 spiro atoms. The van der Waals surface area contributed by atoms with Gasteiger partial charge in [-0.3, -0.25) is 9.69 Å². The topological polar surface area (TPSA) is 89.9 Å². The SMILES string of the molecule is C[C@]1(C(=O)O)C=CC=C(C(=O)O)C1.FC(F)(F)c1cccc(C(c2ccccc2)N2CCNCC2)c1. The second kappa shape index (κ2) is 11.5. The first-order chi connectivity index (χ1) is 17.0. The van der Waals surface area contributed by atoms with E-state index in [1.165, 1.54) is 37.3 Å². The lowest BCUT2D eigenvalue weighted by atomic mass is 9.80. The van der Waals surface area contributed by atoms with Crippen LogP contribution in [0.1, 0.15) is 36.1 Å². The number of allylic oxidation sites excluding steroid dienone is 2. The van der Waals surface area contributed by atoms with Crippen molar-refractivity contribution in [2.24, 2.45) is 5.41 Å². The van der Waals surface area contributed by atoms with Crippen molar-refractivity contribution in [2.75, 3.05) is 26.2 Å². The molecule has 3 N–H and O–H groups in total. The van der Waals surface area contributed by atoms with Crippen LogP contribution in [0.25, 0.3) is 0 Å². The molecule has 1 unspecified atom stereocenters. The fourth-order valence-electron chi connectivity index (χ4n) is 4.26. The molecule has 2 aromatic carbocycles. The van der Waals surface area contributed by atoms with E-state index in [0.717, 1.165) is 37.8 Å². The van der Waals surface area contributed by atoms with Crippen molar-refractivity contribution in [2.45, 2.75) is 25.6 Å². The number of carbonyl (C=O) groups is 2. The number of aliphatic carboxylic acids is 2. The molecule has 36 heavy (non-hydrogen) atoms. The molecule has 2 atom stereocenters. The number of alkyl halides is 3. The third-order valence-electron chi connectivity index (χ3n) is 6.24. The zero-order valence-electron chi connectivity index (χ0n) is 19.8. The van der Waals surface area contributed by atoms with Crippen LogP contribution in [0.2, 0.25) is 0 Å². The van der Waals surface area contributed by atoms with Gasteiger partial charge in [-0.25, -0.2) is 4.79 Å². The van der Waals surface area contributed by atoms with Crippen LogP contribution in [0.4, 0.5) is 13.2 Å². The zero-order chi connectivity index (χ0) is 26.3. The van der Waals surface area contributed by atoms with E-state index in [-0.39, 0.29) is 18.0 Å². The zero-order valence-corrected chi connectivity index (χ0v) is 19.8. The van der Waals surface area contributed by atoms with Crippen LogP contribution in [0, 0.1) is 5.41 Å². The van der Waals surface area contributed by atoms with Crippen molar-refractivity contribution in [1.82, 2.24) is 10.2 Å². The van der Waals surface area contributed by atoms with Crippen LogP contribution < -0.4 is 5.32 Å². The van der Waals surface area contributed by atoms with Crippen LogP contribution in [-0.4, -0.2) is 53.2 Å². The summed E-state index contributed by atoms with van der Waals surface area (Å²) in [6.45, 7) is 4.83. The van der Waals surface area contributed by atoms with Gasteiger partial charge < -0.3 is 15.5 Å². The molecule has 0 amide bonds. The summed E-state index contributed by atoms with van der Waals surface area (Å²) in [5.41, 5.74) is 0.169. The predicted octanol–water partition coefficient (Wildman–Crippen LogP) is 4.75. The van der Waals surface area contributed by atoms with Crippen molar-refractivity contribution >= 4 is 11.9 Å². The summed E-state index contributed by atoms with van der Waals surface area (Å²) in [6.07, 6.45) is 0.116. The average Bonchev–Trinajstić information content (AvgIpc) is 2.86. The standard InChI is InChI=1S/C18H19F3N2.C9H10O4/c19-18(20,21)16-8-4-7-15(13-16)17(14-5-2-1-3-6-14)23-11-9-22-10-12-23;1-9(8(12)13)4-2-3-6(5-9)7(10)11/h1-8,13,17,22H,9-12H2;2-4H,5H2,1H3,(H,10,11)(H,12,13)/t;9-/m.0/s1. The van der Waals surface area contributed by atoms with E-state index in [9.17, 15) is 22.8 Å². The van der Waals surface area contributed by atoms with E-state index in [0.29, 0.717) is 5.56 Å². The summed E-state index contributed by atoms with van der Waals surface area (Å²) in [4.78, 5) is 23.6. The van der Waals surface area contributed by atoms with Crippen LogP contribution in [-0.2, 0) is 15.8 Å². The maximum absolute atomic E-state index is 13.1. The van der Waals surface area contributed by atoms with Crippen molar-refractivity contribution < 1.29 is 33.0 Å². The minimum absolute atomic E-state index is 0.0359. The van der Waals surface area contributed by atoms with Gasteiger partial charge in [-0.2, -0.15) is 13.2 Å². The second-order valence-electron chi connectivity index (χ2n) is 8.98. The maximum Gasteiger partial charge on any atom is 0.416 e. The van der Waals surface area contributed by atoms with Gasteiger partial charge >= 0.3 is 18.1 Å². The Labute approximate surface area is 207 Å². The van der Waals surface area contributed by atoms with Crippen LogP contribution in [0.3, 0.4) is 0 Å². The number of carboxylic acids is 2. The molecule has 1 aliphatic heterocycles. The molecular weight excluding hydrogens is 473 g/mol. The van der Waals surface area contributed by atoms with Crippen molar-refractivity contribution in [3.63, 3.8) is 0 Å². The first-order valence-corrected chi connectivity index (χ1v) is 11.5. The monoisotopic (exact) mass is 502 g/mol. The molecule has 1 heterocycles. The van der Waals surface area contributed by atoms with E-state index < -0.39 is 29.1 Å². The summed E-state index contributed by atoms with van der Waals surface area (Å²) in [5.74, 6) is -2.06. The quantitative estimate of drug-likeness (QED) is 0.547.